The van der Waals surface area contributed by atoms with Gasteiger partial charge in [-0.25, -0.2) is 0 Å². The van der Waals surface area contributed by atoms with Crippen molar-refractivity contribution in [3.8, 4) is 29.1 Å². The summed E-state index contributed by atoms with van der Waals surface area (Å²) < 4.78 is 16.2. The van der Waals surface area contributed by atoms with Gasteiger partial charge < -0.3 is 19.5 Å². The van der Waals surface area contributed by atoms with E-state index in [0.29, 0.717) is 11.5 Å². The third-order valence-electron chi connectivity index (χ3n) is 3.94. The molecule has 0 atom stereocenters. The van der Waals surface area contributed by atoms with Gasteiger partial charge in [0.15, 0.2) is 11.5 Å². The van der Waals surface area contributed by atoms with Crippen molar-refractivity contribution in [2.45, 2.75) is 6.42 Å². The molecule has 0 spiro atoms. The van der Waals surface area contributed by atoms with Crippen molar-refractivity contribution in [2.24, 2.45) is 0 Å². The Morgan fingerprint density at radius 3 is 2.93 bits per heavy atom. The molecule has 0 bridgehead atoms. The number of hydrogen-bond donors (Lipinski definition) is 1. The van der Waals surface area contributed by atoms with E-state index in [1.807, 2.05) is 48.5 Å². The normalized spacial score (nSPS) is 11.6. The first kappa shape index (κ1) is 19.1. The summed E-state index contributed by atoms with van der Waals surface area (Å²) in [5.41, 5.74) is 1.93. The number of nitrogens with one attached hydrogen (secondary N) is 1. The van der Waals surface area contributed by atoms with Gasteiger partial charge in [0.2, 0.25) is 12.7 Å². The minimum absolute atomic E-state index is 0.218. The Labute approximate surface area is 164 Å². The van der Waals surface area contributed by atoms with Crippen LogP contribution in [-0.2, 0) is 11.2 Å². The van der Waals surface area contributed by atoms with Crippen LogP contribution in [0.4, 0.5) is 0 Å². The SMILES string of the molecule is C=CCc1ccccc1OCC#CCNC(=O)/C=C/c1ccc2c(c1)OCO2. The van der Waals surface area contributed by atoms with Gasteiger partial charge in [-0.2, -0.15) is 0 Å². The van der Waals surface area contributed by atoms with Crippen LogP contribution in [0.3, 0.4) is 0 Å². The van der Waals surface area contributed by atoms with Gasteiger partial charge in [0.1, 0.15) is 12.4 Å². The molecule has 3 rings (SSSR count). The predicted molar refractivity (Wildman–Crippen MR) is 108 cm³/mol. The van der Waals surface area contributed by atoms with Crippen molar-refractivity contribution in [1.29, 1.82) is 0 Å². The number of ether oxygens (including phenoxy) is 3. The molecular formula is C23H21NO4. The lowest BCUT2D eigenvalue weighted by molar-refractivity contribution is -0.116. The van der Waals surface area contributed by atoms with Crippen LogP contribution in [-0.4, -0.2) is 25.9 Å². The fraction of sp³-hybridized carbons (Fsp3) is 0.174. The molecule has 0 aliphatic carbocycles. The van der Waals surface area contributed by atoms with Crippen LogP contribution in [0, 0.1) is 11.8 Å². The average Bonchev–Trinajstić information content (AvgIpc) is 3.18. The number of para-hydroxylation sites is 1. The van der Waals surface area contributed by atoms with Crippen LogP contribution in [0.1, 0.15) is 11.1 Å². The second kappa shape index (κ2) is 9.89. The van der Waals surface area contributed by atoms with E-state index in [1.165, 1.54) is 6.08 Å². The van der Waals surface area contributed by atoms with E-state index in [9.17, 15) is 4.79 Å². The number of allylic oxidation sites excluding steroid dienone is 1. The van der Waals surface area contributed by atoms with Gasteiger partial charge in [-0.15, -0.1) is 6.58 Å². The summed E-state index contributed by atoms with van der Waals surface area (Å²) in [5.74, 6) is 7.74. The van der Waals surface area contributed by atoms with E-state index >= 15 is 0 Å². The maximum atomic E-state index is 11.9. The molecule has 5 heteroatoms. The molecule has 142 valence electrons. The van der Waals surface area contributed by atoms with Gasteiger partial charge in [0.25, 0.3) is 0 Å². The third kappa shape index (κ3) is 5.42. The summed E-state index contributed by atoms with van der Waals surface area (Å²) in [5, 5.41) is 2.71. The highest BCUT2D eigenvalue weighted by Crippen LogP contribution is 2.32. The Balaban J connectivity index is 1.41. The smallest absolute Gasteiger partial charge is 0.244 e. The van der Waals surface area contributed by atoms with Crippen LogP contribution in [0.5, 0.6) is 17.2 Å². The second-order valence-corrected chi connectivity index (χ2v) is 5.91. The first-order valence-electron chi connectivity index (χ1n) is 8.89. The van der Waals surface area contributed by atoms with Crippen molar-refractivity contribution >= 4 is 12.0 Å². The lowest BCUT2D eigenvalue weighted by Gasteiger charge is -2.07. The summed E-state index contributed by atoms with van der Waals surface area (Å²) >= 11 is 0. The summed E-state index contributed by atoms with van der Waals surface area (Å²) in [7, 11) is 0. The third-order valence-corrected chi connectivity index (χ3v) is 3.94. The molecule has 0 fully saturated rings. The minimum atomic E-state index is -0.218. The maximum absolute atomic E-state index is 11.9. The molecule has 1 amide bonds. The summed E-state index contributed by atoms with van der Waals surface area (Å²) in [6, 6.07) is 13.3. The second-order valence-electron chi connectivity index (χ2n) is 5.91. The predicted octanol–water partition coefficient (Wildman–Crippen LogP) is 3.36. The molecule has 0 radical (unpaired) electrons. The summed E-state index contributed by atoms with van der Waals surface area (Å²) in [4.78, 5) is 11.9. The number of carbonyl (C=O) groups excluding carboxylic acids is 1. The van der Waals surface area contributed by atoms with E-state index in [1.54, 1.807) is 6.08 Å². The molecule has 28 heavy (non-hydrogen) atoms. The van der Waals surface area contributed by atoms with Crippen molar-refractivity contribution in [3.05, 3.63) is 72.3 Å². The fourth-order valence-corrected chi connectivity index (χ4v) is 2.58. The summed E-state index contributed by atoms with van der Waals surface area (Å²) in [6.07, 6.45) is 5.75. The Kier molecular flexibility index (Phi) is 6.75. The number of hydrogen-bond acceptors (Lipinski definition) is 4. The van der Waals surface area contributed by atoms with Crippen LogP contribution in [0.15, 0.2) is 61.2 Å². The molecule has 0 saturated carbocycles. The highest BCUT2D eigenvalue weighted by atomic mass is 16.7. The number of amides is 1. The van der Waals surface area contributed by atoms with Gasteiger partial charge >= 0.3 is 0 Å². The molecule has 5 nitrogen and oxygen atoms in total. The molecule has 1 aliphatic rings. The zero-order chi connectivity index (χ0) is 19.6. The zero-order valence-electron chi connectivity index (χ0n) is 15.4. The van der Waals surface area contributed by atoms with Crippen molar-refractivity contribution in [2.75, 3.05) is 19.9 Å². The zero-order valence-corrected chi connectivity index (χ0v) is 15.4. The van der Waals surface area contributed by atoms with Crippen LogP contribution < -0.4 is 19.5 Å². The highest BCUT2D eigenvalue weighted by molar-refractivity contribution is 5.91. The lowest BCUT2D eigenvalue weighted by atomic mass is 10.1. The molecule has 0 saturated heterocycles. The molecule has 2 aromatic rings. The Hall–Kier alpha value is -3.65. The number of benzene rings is 2. The highest BCUT2D eigenvalue weighted by Gasteiger charge is 2.12. The van der Waals surface area contributed by atoms with E-state index < -0.39 is 0 Å². The standard InChI is InChI=1S/C23H21NO4/c1-2-7-19-8-3-4-9-20(19)26-15-6-5-14-24-23(25)13-11-18-10-12-21-22(16-18)28-17-27-21/h2-4,8-13,16H,1,7,14-15,17H2,(H,24,25)/b13-11+. The molecule has 1 heterocycles. The Morgan fingerprint density at radius 2 is 2.04 bits per heavy atom. The topological polar surface area (TPSA) is 56.8 Å². The van der Waals surface area contributed by atoms with E-state index in [4.69, 9.17) is 14.2 Å². The van der Waals surface area contributed by atoms with Gasteiger partial charge in [-0.1, -0.05) is 42.2 Å². The van der Waals surface area contributed by atoms with Crippen LogP contribution in [0.2, 0.25) is 0 Å². The molecule has 1 aliphatic heterocycles. The molecule has 0 unspecified atom stereocenters. The van der Waals surface area contributed by atoms with Crippen LogP contribution in [0.25, 0.3) is 6.08 Å². The maximum Gasteiger partial charge on any atom is 0.244 e. The van der Waals surface area contributed by atoms with Crippen molar-refractivity contribution < 1.29 is 19.0 Å². The lowest BCUT2D eigenvalue weighted by Crippen LogP contribution is -2.21. The van der Waals surface area contributed by atoms with E-state index in [0.717, 1.165) is 23.3 Å². The number of fused-ring (bicyclic) bond motifs is 1. The molecule has 2 aromatic carbocycles. The Morgan fingerprint density at radius 1 is 1.18 bits per heavy atom. The molecule has 0 aromatic heterocycles. The number of rotatable bonds is 7. The monoisotopic (exact) mass is 375 g/mol. The average molecular weight is 375 g/mol. The summed E-state index contributed by atoms with van der Waals surface area (Å²) in [6.45, 7) is 4.48. The van der Waals surface area contributed by atoms with Gasteiger partial charge in [0.05, 0.1) is 6.54 Å². The van der Waals surface area contributed by atoms with E-state index in [-0.39, 0.29) is 25.9 Å². The van der Waals surface area contributed by atoms with Gasteiger partial charge in [-0.3, -0.25) is 4.79 Å². The van der Waals surface area contributed by atoms with Gasteiger partial charge in [0, 0.05) is 6.08 Å². The van der Waals surface area contributed by atoms with Crippen molar-refractivity contribution in [1.82, 2.24) is 5.32 Å². The van der Waals surface area contributed by atoms with Gasteiger partial charge in [-0.05, 0) is 41.8 Å². The molecular weight excluding hydrogens is 354 g/mol. The molecule has 1 N–H and O–H groups in total. The minimum Gasteiger partial charge on any atom is -0.481 e. The Bertz CT molecular complexity index is 937. The number of carbonyl (C=O) groups is 1. The first-order chi connectivity index (χ1) is 13.8. The van der Waals surface area contributed by atoms with E-state index in [2.05, 4.69) is 23.7 Å². The van der Waals surface area contributed by atoms with Crippen molar-refractivity contribution in [3.63, 3.8) is 0 Å². The largest absolute Gasteiger partial charge is 0.481 e. The van der Waals surface area contributed by atoms with Crippen LogP contribution >= 0.6 is 0 Å². The quantitative estimate of drug-likeness (QED) is 0.458. The fourth-order valence-electron chi connectivity index (χ4n) is 2.58. The first-order valence-corrected chi connectivity index (χ1v) is 8.89.